The van der Waals surface area contributed by atoms with Gasteiger partial charge in [0.1, 0.15) is 0 Å². The summed E-state index contributed by atoms with van der Waals surface area (Å²) in [6.07, 6.45) is 0. The van der Waals surface area contributed by atoms with Crippen LogP contribution < -0.4 is 16.0 Å². The van der Waals surface area contributed by atoms with Crippen molar-refractivity contribution in [2.24, 2.45) is 4.99 Å². The minimum Gasteiger partial charge on any atom is -0.411 e. The van der Waals surface area contributed by atoms with Gasteiger partial charge in [-0.1, -0.05) is 50.2 Å². The van der Waals surface area contributed by atoms with Crippen molar-refractivity contribution in [1.29, 1.82) is 0 Å². The first-order valence-corrected chi connectivity index (χ1v) is 7.96. The summed E-state index contributed by atoms with van der Waals surface area (Å²) in [4.78, 5) is 27.3. The summed E-state index contributed by atoms with van der Waals surface area (Å²) in [5, 5.41) is 8.11. The molecular formula is C18H20N5O2Y-. The van der Waals surface area contributed by atoms with Crippen LogP contribution in [0.2, 0.25) is 0 Å². The number of nitrogens with zero attached hydrogens (tertiary/aromatic N) is 1. The van der Waals surface area contributed by atoms with Crippen LogP contribution in [0.3, 0.4) is 0 Å². The maximum absolute atomic E-state index is 11.9. The van der Waals surface area contributed by atoms with E-state index >= 15 is 0 Å². The van der Waals surface area contributed by atoms with Crippen molar-refractivity contribution in [2.45, 2.75) is 13.8 Å². The fourth-order valence-electron chi connectivity index (χ4n) is 2.15. The number of guanidine groups is 1. The van der Waals surface area contributed by atoms with E-state index in [2.05, 4.69) is 20.9 Å². The molecular weight excluding hydrogens is 407 g/mol. The monoisotopic (exact) mass is 427 g/mol. The number of hydrogen-bond acceptors (Lipinski definition) is 4. The van der Waals surface area contributed by atoms with Gasteiger partial charge in [0.05, 0.1) is 17.9 Å². The number of amides is 2. The van der Waals surface area contributed by atoms with Gasteiger partial charge in [-0.3, -0.25) is 9.59 Å². The van der Waals surface area contributed by atoms with E-state index in [0.717, 1.165) is 5.69 Å². The largest absolute Gasteiger partial charge is 0.411 e. The van der Waals surface area contributed by atoms with Crippen LogP contribution in [0, 0.1) is 0 Å². The normalized spacial score (nSPS) is 12.2. The summed E-state index contributed by atoms with van der Waals surface area (Å²) in [6.45, 7) is 4.19. The molecule has 7 nitrogen and oxygen atoms in total. The SMILES string of the molecule is CC.[NH-]C(=Nc1ccc2c(c1)NCC(=O)N2)NC(=O)c1ccccc1.[Y]. The summed E-state index contributed by atoms with van der Waals surface area (Å²) >= 11 is 0. The maximum atomic E-state index is 11.9. The van der Waals surface area contributed by atoms with E-state index < -0.39 is 0 Å². The minimum atomic E-state index is -0.386. The molecule has 2 amide bonds. The Kier molecular flexibility index (Phi) is 8.95. The molecule has 26 heavy (non-hydrogen) atoms. The van der Waals surface area contributed by atoms with Crippen molar-refractivity contribution in [3.63, 3.8) is 0 Å². The van der Waals surface area contributed by atoms with Crippen LogP contribution in [0.25, 0.3) is 5.73 Å². The minimum absolute atomic E-state index is 0. The molecule has 3 rings (SSSR count). The van der Waals surface area contributed by atoms with Crippen LogP contribution in [0.15, 0.2) is 53.5 Å². The van der Waals surface area contributed by atoms with E-state index in [1.54, 1.807) is 42.5 Å². The molecule has 0 bridgehead atoms. The Morgan fingerprint density at radius 2 is 1.81 bits per heavy atom. The van der Waals surface area contributed by atoms with E-state index in [0.29, 0.717) is 16.9 Å². The van der Waals surface area contributed by atoms with Gasteiger partial charge in [-0.15, -0.1) is 0 Å². The second kappa shape index (κ2) is 10.7. The number of carbonyl (C=O) groups excluding carboxylic acids is 2. The molecule has 8 heteroatoms. The Bertz CT molecular complexity index is 793. The predicted molar refractivity (Wildman–Crippen MR) is 100 cm³/mol. The first kappa shape index (κ1) is 21.8. The second-order valence-corrected chi connectivity index (χ2v) is 4.91. The average molecular weight is 427 g/mol. The van der Waals surface area contributed by atoms with Crippen molar-refractivity contribution in [3.05, 3.63) is 59.8 Å². The number of rotatable bonds is 2. The molecule has 0 fully saturated rings. The molecule has 0 saturated heterocycles. The maximum Gasteiger partial charge on any atom is 0.243 e. The molecule has 2 aromatic carbocycles. The van der Waals surface area contributed by atoms with E-state index in [4.69, 9.17) is 5.73 Å². The fraction of sp³-hybridized carbons (Fsp3) is 0.167. The molecule has 1 radical (unpaired) electrons. The third-order valence-electron chi connectivity index (χ3n) is 3.23. The molecule has 0 aromatic heterocycles. The molecule has 0 atom stereocenters. The Labute approximate surface area is 177 Å². The quantitative estimate of drug-likeness (QED) is 0.504. The van der Waals surface area contributed by atoms with E-state index in [1.807, 2.05) is 19.9 Å². The number of carbonyl (C=O) groups is 2. The van der Waals surface area contributed by atoms with Crippen LogP contribution in [0.4, 0.5) is 17.1 Å². The van der Waals surface area contributed by atoms with Crippen LogP contribution in [-0.4, -0.2) is 24.3 Å². The first-order chi connectivity index (χ1) is 12.1. The van der Waals surface area contributed by atoms with Crippen molar-refractivity contribution < 1.29 is 42.3 Å². The summed E-state index contributed by atoms with van der Waals surface area (Å²) < 4.78 is 0. The van der Waals surface area contributed by atoms with E-state index in [1.165, 1.54) is 0 Å². The third-order valence-corrected chi connectivity index (χ3v) is 3.23. The molecule has 0 unspecified atom stereocenters. The van der Waals surface area contributed by atoms with Gasteiger partial charge < -0.3 is 26.7 Å². The van der Waals surface area contributed by atoms with Gasteiger partial charge in [-0.25, -0.2) is 0 Å². The average Bonchev–Trinajstić information content (AvgIpc) is 2.64. The van der Waals surface area contributed by atoms with Crippen molar-refractivity contribution in [3.8, 4) is 0 Å². The Morgan fingerprint density at radius 1 is 1.12 bits per heavy atom. The third kappa shape index (κ3) is 5.93. The Balaban J connectivity index is 0.00000109. The molecule has 4 N–H and O–H groups in total. The topological polar surface area (TPSA) is 106 Å². The summed E-state index contributed by atoms with van der Waals surface area (Å²) in [6, 6.07) is 13.7. The number of hydrogen-bond donors (Lipinski definition) is 3. The van der Waals surface area contributed by atoms with E-state index in [9.17, 15) is 9.59 Å². The number of nitrogens with one attached hydrogen (secondary N) is 4. The Hall–Kier alpha value is -2.25. The summed E-state index contributed by atoms with van der Waals surface area (Å²) in [5.41, 5.74) is 10.2. The van der Waals surface area contributed by atoms with Crippen LogP contribution in [0.5, 0.6) is 0 Å². The zero-order valence-corrected chi connectivity index (χ0v) is 17.5. The molecule has 0 spiro atoms. The smallest absolute Gasteiger partial charge is 0.243 e. The predicted octanol–water partition coefficient (Wildman–Crippen LogP) is 3.54. The molecule has 1 heterocycles. The first-order valence-electron chi connectivity index (χ1n) is 7.96. The van der Waals surface area contributed by atoms with Gasteiger partial charge in [-0.05, 0) is 17.8 Å². The molecule has 2 aromatic rings. The van der Waals surface area contributed by atoms with Crippen molar-refractivity contribution in [2.75, 3.05) is 17.2 Å². The van der Waals surface area contributed by atoms with Crippen LogP contribution >= 0.6 is 0 Å². The number of fused-ring (bicyclic) bond motifs is 1. The van der Waals surface area contributed by atoms with Gasteiger partial charge in [0.15, 0.2) is 0 Å². The van der Waals surface area contributed by atoms with Crippen LogP contribution in [-0.2, 0) is 37.5 Å². The standard InChI is InChI=1S/C16H15N5O2.C2H6.Y/c17-16(21-15(23)10-4-2-1-3-5-10)19-11-6-7-12-13(8-11)18-9-14(22)20-12;1-2;/h1-8,18H,9H2,(H4,17,19,20,21,22,23);1-2H3;/p-1. The zero-order chi connectivity index (χ0) is 18.2. The Morgan fingerprint density at radius 3 is 2.50 bits per heavy atom. The van der Waals surface area contributed by atoms with Crippen molar-refractivity contribution in [1.82, 2.24) is 5.32 Å². The molecule has 133 valence electrons. The number of anilines is 2. The number of benzene rings is 2. The van der Waals surface area contributed by atoms with Gasteiger partial charge in [0.2, 0.25) is 11.8 Å². The summed E-state index contributed by atoms with van der Waals surface area (Å²) in [7, 11) is 0. The fourth-order valence-corrected chi connectivity index (χ4v) is 2.15. The molecule has 0 aliphatic carbocycles. The van der Waals surface area contributed by atoms with Gasteiger partial charge >= 0.3 is 0 Å². The molecule has 1 aliphatic heterocycles. The summed E-state index contributed by atoms with van der Waals surface area (Å²) in [5.74, 6) is -0.744. The van der Waals surface area contributed by atoms with Crippen molar-refractivity contribution >= 4 is 34.8 Å². The van der Waals surface area contributed by atoms with Gasteiger partial charge in [-0.2, -0.15) is 0 Å². The zero-order valence-electron chi connectivity index (χ0n) is 14.7. The van der Waals surface area contributed by atoms with Gasteiger partial charge in [0.25, 0.3) is 0 Å². The second-order valence-electron chi connectivity index (χ2n) is 4.91. The number of aliphatic imine (C=N–C) groups is 1. The van der Waals surface area contributed by atoms with Crippen LogP contribution in [0.1, 0.15) is 24.2 Å². The molecule has 1 aliphatic rings. The van der Waals surface area contributed by atoms with E-state index in [-0.39, 0.29) is 57.0 Å². The molecule has 0 saturated carbocycles. The van der Waals surface area contributed by atoms with Gasteiger partial charge in [0, 0.05) is 44.2 Å².